The zero-order valence-electron chi connectivity index (χ0n) is 11.2. The quantitative estimate of drug-likeness (QED) is 0.673. The maximum absolute atomic E-state index is 13.2. The van der Waals surface area contributed by atoms with Crippen LogP contribution in [0.1, 0.15) is 23.0 Å². The van der Waals surface area contributed by atoms with E-state index >= 15 is 0 Å². The normalized spacial score (nSPS) is 11.2. The summed E-state index contributed by atoms with van der Waals surface area (Å²) < 4.78 is 19.9. The number of rotatable bonds is 2. The number of ether oxygens (including phenoxy) is 1. The molecule has 0 saturated carbocycles. The van der Waals surface area contributed by atoms with Crippen LogP contribution in [-0.2, 0) is 4.74 Å². The predicted molar refractivity (Wildman–Crippen MR) is 73.3 cm³/mol. The van der Waals surface area contributed by atoms with Crippen molar-refractivity contribution in [3.8, 4) is 0 Å². The molecular formula is C15H13FN2O2. The van der Waals surface area contributed by atoms with Gasteiger partial charge in [0.25, 0.3) is 0 Å². The van der Waals surface area contributed by atoms with Gasteiger partial charge in [0.2, 0.25) is 0 Å². The van der Waals surface area contributed by atoms with Crippen LogP contribution in [0.5, 0.6) is 0 Å². The van der Waals surface area contributed by atoms with E-state index in [1.807, 2.05) is 0 Å². The number of aromatic nitrogens is 2. The first-order chi connectivity index (χ1) is 9.61. The van der Waals surface area contributed by atoms with E-state index in [1.54, 1.807) is 36.6 Å². The molecule has 0 saturated heterocycles. The van der Waals surface area contributed by atoms with Gasteiger partial charge in [-0.3, -0.25) is 0 Å². The highest BCUT2D eigenvalue weighted by atomic mass is 19.1. The van der Waals surface area contributed by atoms with Gasteiger partial charge in [0.15, 0.2) is 0 Å². The first-order valence-electron chi connectivity index (χ1n) is 6.36. The van der Waals surface area contributed by atoms with E-state index < -0.39 is 0 Å². The summed E-state index contributed by atoms with van der Waals surface area (Å²) in [5, 5.41) is 5.10. The highest BCUT2D eigenvalue weighted by Gasteiger charge is 2.19. The second-order valence-corrected chi connectivity index (χ2v) is 4.51. The first kappa shape index (κ1) is 12.6. The largest absolute Gasteiger partial charge is 0.462 e. The van der Waals surface area contributed by atoms with Crippen LogP contribution < -0.4 is 0 Å². The van der Waals surface area contributed by atoms with Gasteiger partial charge in [-0.15, -0.1) is 0 Å². The smallest absolute Gasteiger partial charge is 0.342 e. The van der Waals surface area contributed by atoms with Crippen molar-refractivity contribution in [2.75, 3.05) is 6.61 Å². The number of benzene rings is 1. The number of hydrogen-bond donors (Lipinski definition) is 0. The van der Waals surface area contributed by atoms with Crippen LogP contribution in [0.15, 0.2) is 30.3 Å². The summed E-state index contributed by atoms with van der Waals surface area (Å²) in [4.78, 5) is 12.0. The minimum absolute atomic E-state index is 0.300. The van der Waals surface area contributed by atoms with E-state index in [9.17, 15) is 9.18 Å². The molecule has 0 aliphatic rings. The van der Waals surface area contributed by atoms with Gasteiger partial charge < -0.3 is 4.74 Å². The van der Waals surface area contributed by atoms with Crippen molar-refractivity contribution < 1.29 is 13.9 Å². The van der Waals surface area contributed by atoms with Gasteiger partial charge in [-0.05, 0) is 38.1 Å². The molecule has 2 heterocycles. The van der Waals surface area contributed by atoms with Crippen molar-refractivity contribution in [2.45, 2.75) is 13.8 Å². The van der Waals surface area contributed by atoms with Crippen molar-refractivity contribution in [3.05, 3.63) is 47.4 Å². The lowest BCUT2D eigenvalue weighted by molar-refractivity contribution is 0.0528. The average Bonchev–Trinajstić information content (AvgIpc) is 2.75. The minimum Gasteiger partial charge on any atom is -0.462 e. The van der Waals surface area contributed by atoms with Crippen molar-refractivity contribution in [2.24, 2.45) is 0 Å². The Bertz CT molecular complexity index is 823. The Morgan fingerprint density at radius 3 is 2.80 bits per heavy atom. The average molecular weight is 272 g/mol. The van der Waals surface area contributed by atoms with E-state index in [0.717, 1.165) is 10.9 Å². The van der Waals surface area contributed by atoms with E-state index in [1.165, 1.54) is 12.1 Å². The molecule has 1 aromatic carbocycles. The number of pyridine rings is 1. The Morgan fingerprint density at radius 1 is 1.30 bits per heavy atom. The summed E-state index contributed by atoms with van der Waals surface area (Å²) >= 11 is 0. The third kappa shape index (κ3) is 1.82. The Balaban J connectivity index is 2.32. The predicted octanol–water partition coefficient (Wildman–Crippen LogP) is 3.11. The van der Waals surface area contributed by atoms with Crippen molar-refractivity contribution in [3.63, 3.8) is 0 Å². The van der Waals surface area contributed by atoms with E-state index in [-0.39, 0.29) is 11.8 Å². The van der Waals surface area contributed by atoms with Crippen LogP contribution in [0.3, 0.4) is 0 Å². The molecule has 0 amide bonds. The third-order valence-electron chi connectivity index (χ3n) is 3.21. The van der Waals surface area contributed by atoms with Crippen LogP contribution in [0, 0.1) is 12.7 Å². The van der Waals surface area contributed by atoms with Gasteiger partial charge in [-0.25, -0.2) is 13.7 Å². The SMILES string of the molecule is CCOC(=O)c1c(C)nn2c1ccc1cc(F)ccc12. The fourth-order valence-electron chi connectivity index (χ4n) is 2.36. The fourth-order valence-corrected chi connectivity index (χ4v) is 2.36. The molecule has 0 radical (unpaired) electrons. The summed E-state index contributed by atoms with van der Waals surface area (Å²) in [6.45, 7) is 3.83. The van der Waals surface area contributed by atoms with Crippen molar-refractivity contribution >= 4 is 22.4 Å². The molecule has 0 N–H and O–H groups in total. The third-order valence-corrected chi connectivity index (χ3v) is 3.21. The summed E-state index contributed by atoms with van der Waals surface area (Å²) in [6, 6.07) is 8.00. The van der Waals surface area contributed by atoms with Crippen LogP contribution in [0.25, 0.3) is 16.4 Å². The maximum Gasteiger partial charge on any atom is 0.342 e. The minimum atomic E-state index is -0.388. The van der Waals surface area contributed by atoms with Gasteiger partial charge in [0.1, 0.15) is 11.4 Å². The zero-order valence-corrected chi connectivity index (χ0v) is 11.2. The molecule has 0 bridgehead atoms. The number of hydrogen-bond acceptors (Lipinski definition) is 3. The van der Waals surface area contributed by atoms with E-state index in [4.69, 9.17) is 4.74 Å². The molecule has 102 valence electrons. The molecular weight excluding hydrogens is 259 g/mol. The first-order valence-corrected chi connectivity index (χ1v) is 6.36. The van der Waals surface area contributed by atoms with Gasteiger partial charge >= 0.3 is 5.97 Å². The molecule has 4 nitrogen and oxygen atoms in total. The van der Waals surface area contributed by atoms with Crippen molar-refractivity contribution in [1.29, 1.82) is 0 Å². The van der Waals surface area contributed by atoms with Gasteiger partial charge in [-0.2, -0.15) is 5.10 Å². The summed E-state index contributed by atoms with van der Waals surface area (Å²) in [5.41, 5.74) is 2.47. The topological polar surface area (TPSA) is 43.6 Å². The monoisotopic (exact) mass is 272 g/mol. The van der Waals surface area contributed by atoms with E-state index in [0.29, 0.717) is 23.4 Å². The summed E-state index contributed by atoms with van der Waals surface area (Å²) in [7, 11) is 0. The number of nitrogens with zero attached hydrogens (tertiary/aromatic N) is 2. The second kappa shape index (κ2) is 4.59. The molecule has 20 heavy (non-hydrogen) atoms. The Labute approximate surface area is 114 Å². The van der Waals surface area contributed by atoms with Crippen LogP contribution in [0.4, 0.5) is 4.39 Å². The summed E-state index contributed by atoms with van der Waals surface area (Å²) in [6.07, 6.45) is 0. The molecule has 0 aliphatic heterocycles. The number of halogens is 1. The Hall–Kier alpha value is -2.43. The van der Waals surface area contributed by atoms with Crippen molar-refractivity contribution in [1.82, 2.24) is 9.61 Å². The Kier molecular flexibility index (Phi) is 2.89. The molecule has 0 unspecified atom stereocenters. The van der Waals surface area contributed by atoms with Crippen LogP contribution in [0.2, 0.25) is 0 Å². The molecule has 0 spiro atoms. The number of carbonyl (C=O) groups is 1. The van der Waals surface area contributed by atoms with Crippen LogP contribution in [-0.4, -0.2) is 22.2 Å². The molecule has 3 aromatic rings. The van der Waals surface area contributed by atoms with Gasteiger partial charge in [-0.1, -0.05) is 6.07 Å². The van der Waals surface area contributed by atoms with Gasteiger partial charge in [0, 0.05) is 5.39 Å². The number of fused-ring (bicyclic) bond motifs is 3. The number of esters is 1. The lowest BCUT2D eigenvalue weighted by Crippen LogP contribution is -2.05. The molecule has 0 aliphatic carbocycles. The molecule has 2 aromatic heterocycles. The summed E-state index contributed by atoms with van der Waals surface area (Å²) in [5.74, 6) is -0.687. The van der Waals surface area contributed by atoms with Gasteiger partial charge in [0.05, 0.1) is 23.3 Å². The number of carbonyl (C=O) groups excluding carboxylic acids is 1. The zero-order chi connectivity index (χ0) is 14.3. The molecule has 3 rings (SSSR count). The van der Waals surface area contributed by atoms with E-state index in [2.05, 4.69) is 5.10 Å². The standard InChI is InChI=1S/C15H13FN2O2/c1-3-20-15(19)14-9(2)17-18-12-7-5-11(16)8-10(12)4-6-13(14)18/h4-8H,3H2,1-2H3. The lowest BCUT2D eigenvalue weighted by Gasteiger charge is -2.03. The Morgan fingerprint density at radius 2 is 2.05 bits per heavy atom. The number of aryl methyl sites for hydroxylation is 1. The molecule has 5 heteroatoms. The maximum atomic E-state index is 13.2. The molecule has 0 atom stereocenters. The fraction of sp³-hybridized carbons (Fsp3) is 0.200. The highest BCUT2D eigenvalue weighted by Crippen LogP contribution is 2.23. The highest BCUT2D eigenvalue weighted by molar-refractivity contribution is 6.00. The lowest BCUT2D eigenvalue weighted by atomic mass is 10.1. The van der Waals surface area contributed by atoms with Crippen LogP contribution >= 0.6 is 0 Å². The molecule has 0 fully saturated rings. The second-order valence-electron chi connectivity index (χ2n) is 4.51.